The van der Waals surface area contributed by atoms with Crippen LogP contribution in [0.15, 0.2) is 84.9 Å². The van der Waals surface area contributed by atoms with Crippen molar-refractivity contribution in [2.24, 2.45) is 0 Å². The van der Waals surface area contributed by atoms with Crippen molar-refractivity contribution in [3.05, 3.63) is 96.1 Å². The number of rotatable bonds is 9. The standard InChI is InChI=1S/C24H25N5O/c1-19(15-16-20-9-4-2-5-10-20)25-18-21-11-8-14-23(17-21)30-24-26-27-28-29(24)22-12-6-3-7-13-22/h2-14,17,19,25H,15-16,18H2,1H3/t19-/m0/s1. The molecule has 4 aromatic rings. The van der Waals surface area contributed by atoms with Gasteiger partial charge in [0.2, 0.25) is 0 Å². The van der Waals surface area contributed by atoms with Crippen molar-refractivity contribution in [2.75, 3.05) is 0 Å². The van der Waals surface area contributed by atoms with E-state index in [1.54, 1.807) is 4.68 Å². The van der Waals surface area contributed by atoms with Gasteiger partial charge in [-0.15, -0.1) is 0 Å². The number of nitrogens with zero attached hydrogens (tertiary/aromatic N) is 4. The molecular formula is C24H25N5O. The fourth-order valence-electron chi connectivity index (χ4n) is 3.22. The van der Waals surface area contributed by atoms with Gasteiger partial charge in [-0.3, -0.25) is 0 Å². The van der Waals surface area contributed by atoms with E-state index in [0.717, 1.165) is 30.6 Å². The lowest BCUT2D eigenvalue weighted by atomic mass is 10.1. The van der Waals surface area contributed by atoms with Gasteiger partial charge in [0.05, 0.1) is 5.69 Å². The highest BCUT2D eigenvalue weighted by molar-refractivity contribution is 5.34. The molecule has 0 aliphatic heterocycles. The molecule has 0 aliphatic rings. The smallest absolute Gasteiger partial charge is 0.345 e. The van der Waals surface area contributed by atoms with E-state index in [9.17, 15) is 0 Å². The number of nitrogens with one attached hydrogen (secondary N) is 1. The van der Waals surface area contributed by atoms with Crippen molar-refractivity contribution in [3.63, 3.8) is 0 Å². The highest BCUT2D eigenvalue weighted by Gasteiger charge is 2.11. The Balaban J connectivity index is 1.34. The van der Waals surface area contributed by atoms with Gasteiger partial charge in [-0.05, 0) is 65.6 Å². The molecule has 3 aromatic carbocycles. The second-order valence-corrected chi connectivity index (χ2v) is 7.26. The number of ether oxygens (including phenoxy) is 1. The quantitative estimate of drug-likeness (QED) is 0.447. The Bertz CT molecular complexity index is 1050. The van der Waals surface area contributed by atoms with Crippen LogP contribution in [0.25, 0.3) is 5.69 Å². The molecule has 30 heavy (non-hydrogen) atoms. The van der Waals surface area contributed by atoms with Crippen LogP contribution < -0.4 is 10.1 Å². The third kappa shape index (κ3) is 5.30. The maximum Gasteiger partial charge on any atom is 0.345 e. The number of tetrazole rings is 1. The molecule has 1 atom stereocenters. The zero-order valence-electron chi connectivity index (χ0n) is 17.0. The van der Waals surface area contributed by atoms with Crippen molar-refractivity contribution in [2.45, 2.75) is 32.4 Å². The van der Waals surface area contributed by atoms with E-state index in [0.29, 0.717) is 17.8 Å². The van der Waals surface area contributed by atoms with Crippen LogP contribution in [0.1, 0.15) is 24.5 Å². The summed E-state index contributed by atoms with van der Waals surface area (Å²) in [6.07, 6.45) is 2.16. The third-order valence-corrected chi connectivity index (χ3v) is 4.91. The molecule has 1 N–H and O–H groups in total. The number of benzene rings is 3. The highest BCUT2D eigenvalue weighted by Crippen LogP contribution is 2.22. The van der Waals surface area contributed by atoms with Crippen molar-refractivity contribution < 1.29 is 4.74 Å². The van der Waals surface area contributed by atoms with Gasteiger partial charge in [-0.1, -0.05) is 65.8 Å². The summed E-state index contributed by atoms with van der Waals surface area (Å²) < 4.78 is 7.54. The average molecular weight is 399 g/mol. The molecular weight excluding hydrogens is 374 g/mol. The summed E-state index contributed by atoms with van der Waals surface area (Å²) in [7, 11) is 0. The number of aryl methyl sites for hydroxylation is 1. The summed E-state index contributed by atoms with van der Waals surface area (Å²) >= 11 is 0. The first-order valence-electron chi connectivity index (χ1n) is 10.2. The van der Waals surface area contributed by atoms with Crippen molar-refractivity contribution in [3.8, 4) is 17.4 Å². The van der Waals surface area contributed by atoms with Crippen molar-refractivity contribution in [1.29, 1.82) is 0 Å². The van der Waals surface area contributed by atoms with Crippen molar-refractivity contribution in [1.82, 2.24) is 25.5 Å². The molecule has 0 saturated heterocycles. The molecule has 0 radical (unpaired) electrons. The van der Waals surface area contributed by atoms with Gasteiger partial charge in [0.1, 0.15) is 5.75 Å². The first-order valence-corrected chi connectivity index (χ1v) is 10.2. The molecule has 0 unspecified atom stereocenters. The van der Waals surface area contributed by atoms with Crippen LogP contribution in [-0.2, 0) is 13.0 Å². The summed E-state index contributed by atoms with van der Waals surface area (Å²) in [5.41, 5.74) is 3.37. The van der Waals surface area contributed by atoms with Crippen LogP contribution >= 0.6 is 0 Å². The van der Waals surface area contributed by atoms with Crippen LogP contribution in [0.3, 0.4) is 0 Å². The molecule has 4 rings (SSSR count). The average Bonchev–Trinajstić information content (AvgIpc) is 3.26. The molecule has 1 aromatic heterocycles. The molecule has 6 nitrogen and oxygen atoms in total. The van der Waals surface area contributed by atoms with E-state index in [4.69, 9.17) is 4.74 Å². The number of para-hydroxylation sites is 1. The maximum atomic E-state index is 5.96. The van der Waals surface area contributed by atoms with E-state index < -0.39 is 0 Å². The minimum Gasteiger partial charge on any atom is -0.423 e. The third-order valence-electron chi connectivity index (χ3n) is 4.91. The topological polar surface area (TPSA) is 64.9 Å². The second kappa shape index (κ2) is 9.80. The summed E-state index contributed by atoms with van der Waals surface area (Å²) in [6, 6.07) is 29.0. The lowest BCUT2D eigenvalue weighted by molar-refractivity contribution is 0.426. The normalized spacial score (nSPS) is 11.9. The van der Waals surface area contributed by atoms with E-state index in [2.05, 4.69) is 64.2 Å². The summed E-state index contributed by atoms with van der Waals surface area (Å²) in [6.45, 7) is 2.99. The van der Waals surface area contributed by atoms with Gasteiger partial charge in [0.25, 0.3) is 0 Å². The minimum absolute atomic E-state index is 0.336. The predicted octanol–water partition coefficient (Wildman–Crippen LogP) is 4.57. The largest absolute Gasteiger partial charge is 0.423 e. The first-order chi connectivity index (χ1) is 14.8. The molecule has 0 spiro atoms. The van der Waals surface area contributed by atoms with Crippen LogP contribution in [0.4, 0.5) is 0 Å². The van der Waals surface area contributed by atoms with Gasteiger partial charge < -0.3 is 10.1 Å². The van der Waals surface area contributed by atoms with Crippen LogP contribution in [0, 0.1) is 0 Å². The molecule has 0 bridgehead atoms. The van der Waals surface area contributed by atoms with Gasteiger partial charge in [-0.2, -0.15) is 4.68 Å². The van der Waals surface area contributed by atoms with E-state index in [1.165, 1.54) is 5.56 Å². The monoisotopic (exact) mass is 399 g/mol. The number of aromatic nitrogens is 4. The molecule has 0 aliphatic carbocycles. The molecule has 0 fully saturated rings. The summed E-state index contributed by atoms with van der Waals surface area (Å²) in [5, 5.41) is 15.4. The van der Waals surface area contributed by atoms with Gasteiger partial charge in [0.15, 0.2) is 0 Å². The predicted molar refractivity (Wildman–Crippen MR) is 117 cm³/mol. The second-order valence-electron chi connectivity index (χ2n) is 7.26. The van der Waals surface area contributed by atoms with Crippen LogP contribution in [0.5, 0.6) is 11.8 Å². The SMILES string of the molecule is C[C@@H](CCc1ccccc1)NCc1cccc(Oc2nnnn2-c2ccccc2)c1. The molecule has 0 saturated carbocycles. The van der Waals surface area contributed by atoms with Gasteiger partial charge in [0, 0.05) is 12.6 Å². The van der Waals surface area contributed by atoms with Crippen LogP contribution in [0.2, 0.25) is 0 Å². The van der Waals surface area contributed by atoms with E-state index >= 15 is 0 Å². The fraction of sp³-hybridized carbons (Fsp3) is 0.208. The first kappa shape index (κ1) is 19.8. The number of hydrogen-bond donors (Lipinski definition) is 1. The maximum absolute atomic E-state index is 5.96. The van der Waals surface area contributed by atoms with Gasteiger partial charge >= 0.3 is 6.01 Å². The van der Waals surface area contributed by atoms with Crippen molar-refractivity contribution >= 4 is 0 Å². The molecule has 0 amide bonds. The lowest BCUT2D eigenvalue weighted by Gasteiger charge is -2.14. The van der Waals surface area contributed by atoms with E-state index in [1.807, 2.05) is 48.5 Å². The Morgan fingerprint density at radius 2 is 1.63 bits per heavy atom. The zero-order valence-corrected chi connectivity index (χ0v) is 17.0. The summed E-state index contributed by atoms with van der Waals surface area (Å²) in [4.78, 5) is 0. The zero-order chi connectivity index (χ0) is 20.6. The molecule has 1 heterocycles. The van der Waals surface area contributed by atoms with Gasteiger partial charge in [-0.25, -0.2) is 0 Å². The van der Waals surface area contributed by atoms with Crippen LogP contribution in [-0.4, -0.2) is 26.2 Å². The molecule has 152 valence electrons. The lowest BCUT2D eigenvalue weighted by Crippen LogP contribution is -2.25. The molecule has 6 heteroatoms. The Morgan fingerprint density at radius 3 is 2.43 bits per heavy atom. The van der Waals surface area contributed by atoms with E-state index in [-0.39, 0.29) is 0 Å². The Morgan fingerprint density at radius 1 is 0.900 bits per heavy atom. The Kier molecular flexibility index (Phi) is 6.47. The Hall–Kier alpha value is -3.51. The summed E-state index contributed by atoms with van der Waals surface area (Å²) in [5.74, 6) is 0.707. The Labute approximate surface area is 176 Å². The minimum atomic E-state index is 0.336. The fourth-order valence-corrected chi connectivity index (χ4v) is 3.22. The highest BCUT2D eigenvalue weighted by atomic mass is 16.5. The number of hydrogen-bond acceptors (Lipinski definition) is 5.